The SMILES string of the molecule is C/C(C=O)=C/c1cc(C)[nH]c1C. The number of aromatic amines is 1. The van der Waals surface area contributed by atoms with Gasteiger partial charge in [0.05, 0.1) is 0 Å². The zero-order valence-corrected chi connectivity index (χ0v) is 7.64. The highest BCUT2D eigenvalue weighted by molar-refractivity contribution is 5.81. The molecule has 1 aromatic rings. The average Bonchev–Trinajstić information content (AvgIpc) is 2.30. The maximum absolute atomic E-state index is 10.3. The molecule has 0 atom stereocenters. The summed E-state index contributed by atoms with van der Waals surface area (Å²) >= 11 is 0. The Morgan fingerprint density at radius 3 is 2.58 bits per heavy atom. The van der Waals surface area contributed by atoms with Gasteiger partial charge in [-0.2, -0.15) is 0 Å². The lowest BCUT2D eigenvalue weighted by Gasteiger charge is -1.90. The number of aryl methyl sites for hydroxylation is 2. The van der Waals surface area contributed by atoms with Gasteiger partial charge in [-0.25, -0.2) is 0 Å². The lowest BCUT2D eigenvalue weighted by molar-refractivity contribution is -0.104. The van der Waals surface area contributed by atoms with E-state index in [0.29, 0.717) is 0 Å². The molecule has 0 amide bonds. The first kappa shape index (κ1) is 8.78. The highest BCUT2D eigenvalue weighted by Crippen LogP contribution is 2.12. The maximum Gasteiger partial charge on any atom is 0.145 e. The smallest absolute Gasteiger partial charge is 0.145 e. The van der Waals surface area contributed by atoms with Crippen LogP contribution in [-0.4, -0.2) is 11.3 Å². The van der Waals surface area contributed by atoms with E-state index in [4.69, 9.17) is 0 Å². The van der Waals surface area contributed by atoms with E-state index >= 15 is 0 Å². The van der Waals surface area contributed by atoms with Gasteiger partial charge in [-0.15, -0.1) is 0 Å². The average molecular weight is 163 g/mol. The molecule has 2 heteroatoms. The van der Waals surface area contributed by atoms with E-state index < -0.39 is 0 Å². The molecule has 0 bridgehead atoms. The Kier molecular flexibility index (Phi) is 2.48. The van der Waals surface area contributed by atoms with E-state index in [0.717, 1.165) is 28.8 Å². The predicted molar refractivity (Wildman–Crippen MR) is 50.0 cm³/mol. The monoisotopic (exact) mass is 163 g/mol. The molecule has 0 fully saturated rings. The summed E-state index contributed by atoms with van der Waals surface area (Å²) in [6.45, 7) is 5.80. The molecule has 0 saturated heterocycles. The molecule has 0 unspecified atom stereocenters. The van der Waals surface area contributed by atoms with Crippen LogP contribution in [0.2, 0.25) is 0 Å². The molecule has 1 aromatic heterocycles. The van der Waals surface area contributed by atoms with Crippen LogP contribution in [0.15, 0.2) is 11.6 Å². The van der Waals surface area contributed by atoms with E-state index in [2.05, 4.69) is 4.98 Å². The molecule has 64 valence electrons. The molecule has 0 saturated carbocycles. The largest absolute Gasteiger partial charge is 0.362 e. The molecule has 0 aliphatic carbocycles. The van der Waals surface area contributed by atoms with Crippen molar-refractivity contribution in [2.45, 2.75) is 20.8 Å². The third kappa shape index (κ3) is 1.84. The number of allylic oxidation sites excluding steroid dienone is 1. The fourth-order valence-corrected chi connectivity index (χ4v) is 1.17. The van der Waals surface area contributed by atoms with E-state index in [1.165, 1.54) is 0 Å². The zero-order valence-electron chi connectivity index (χ0n) is 7.64. The minimum atomic E-state index is 0.747. The number of nitrogens with one attached hydrogen (secondary N) is 1. The second-order valence-electron chi connectivity index (χ2n) is 3.04. The summed E-state index contributed by atoms with van der Waals surface area (Å²) < 4.78 is 0. The number of rotatable bonds is 2. The maximum atomic E-state index is 10.3. The molecule has 0 aliphatic heterocycles. The van der Waals surface area contributed by atoms with Crippen molar-refractivity contribution < 1.29 is 4.79 Å². The Balaban J connectivity index is 3.03. The molecule has 12 heavy (non-hydrogen) atoms. The molecule has 0 aliphatic rings. The molecule has 1 N–H and O–H groups in total. The Labute approximate surface area is 72.3 Å². The number of H-pyrrole nitrogens is 1. The standard InChI is InChI=1S/C10H13NO/c1-7(6-12)4-10-5-8(2)11-9(10)3/h4-6,11H,1-3H3/b7-4-. The van der Waals surface area contributed by atoms with Crippen molar-refractivity contribution in [3.8, 4) is 0 Å². The molecule has 0 radical (unpaired) electrons. The van der Waals surface area contributed by atoms with Gasteiger partial charge in [0.15, 0.2) is 0 Å². The Morgan fingerprint density at radius 1 is 1.50 bits per heavy atom. The normalized spacial score (nSPS) is 11.8. The van der Waals surface area contributed by atoms with Crippen LogP contribution in [0.5, 0.6) is 0 Å². The van der Waals surface area contributed by atoms with Crippen molar-refractivity contribution in [3.05, 3.63) is 28.6 Å². The minimum absolute atomic E-state index is 0.747. The van der Waals surface area contributed by atoms with E-state index in [-0.39, 0.29) is 0 Å². The summed E-state index contributed by atoms with van der Waals surface area (Å²) in [4.78, 5) is 13.5. The fourth-order valence-electron chi connectivity index (χ4n) is 1.17. The minimum Gasteiger partial charge on any atom is -0.362 e. The van der Waals surface area contributed by atoms with Crippen LogP contribution in [0.25, 0.3) is 6.08 Å². The van der Waals surface area contributed by atoms with Crippen LogP contribution in [0.1, 0.15) is 23.9 Å². The van der Waals surface area contributed by atoms with Crippen molar-refractivity contribution in [2.75, 3.05) is 0 Å². The van der Waals surface area contributed by atoms with Crippen molar-refractivity contribution >= 4 is 12.4 Å². The highest BCUT2D eigenvalue weighted by Gasteiger charge is 1.98. The number of aromatic nitrogens is 1. The summed E-state index contributed by atoms with van der Waals surface area (Å²) in [5, 5.41) is 0. The Bertz CT molecular complexity index is 321. The molecule has 1 heterocycles. The van der Waals surface area contributed by atoms with Crippen LogP contribution in [0.3, 0.4) is 0 Å². The van der Waals surface area contributed by atoms with Gasteiger partial charge >= 0.3 is 0 Å². The number of hydrogen-bond acceptors (Lipinski definition) is 1. The summed E-state index contributed by atoms with van der Waals surface area (Å²) in [5.74, 6) is 0. The Morgan fingerprint density at radius 2 is 2.17 bits per heavy atom. The van der Waals surface area contributed by atoms with Crippen molar-refractivity contribution in [1.82, 2.24) is 4.98 Å². The molecule has 2 nitrogen and oxygen atoms in total. The van der Waals surface area contributed by atoms with Gasteiger partial charge < -0.3 is 4.98 Å². The van der Waals surface area contributed by atoms with Gasteiger partial charge in [0, 0.05) is 11.4 Å². The molecular formula is C10H13NO. The summed E-state index contributed by atoms with van der Waals surface area (Å²) in [5.41, 5.74) is 4.07. The van der Waals surface area contributed by atoms with Crippen LogP contribution in [0, 0.1) is 13.8 Å². The zero-order chi connectivity index (χ0) is 9.14. The molecular weight excluding hydrogens is 150 g/mol. The van der Waals surface area contributed by atoms with Crippen molar-refractivity contribution in [3.63, 3.8) is 0 Å². The topological polar surface area (TPSA) is 32.9 Å². The van der Waals surface area contributed by atoms with E-state index in [9.17, 15) is 4.79 Å². The molecule has 0 spiro atoms. The second kappa shape index (κ2) is 3.39. The summed E-state index contributed by atoms with van der Waals surface area (Å²) in [6, 6.07) is 2.03. The van der Waals surface area contributed by atoms with Gasteiger partial charge in [0.2, 0.25) is 0 Å². The Hall–Kier alpha value is -1.31. The van der Waals surface area contributed by atoms with Gasteiger partial charge in [-0.3, -0.25) is 4.79 Å². The second-order valence-corrected chi connectivity index (χ2v) is 3.04. The molecule has 1 rings (SSSR count). The third-order valence-corrected chi connectivity index (χ3v) is 1.76. The first-order chi connectivity index (χ1) is 5.63. The van der Waals surface area contributed by atoms with Gasteiger partial charge in [-0.05, 0) is 44.1 Å². The number of carbonyl (C=O) groups excluding carboxylic acids is 1. The quantitative estimate of drug-likeness (QED) is 0.526. The van der Waals surface area contributed by atoms with E-state index in [1.54, 1.807) is 6.92 Å². The van der Waals surface area contributed by atoms with Crippen LogP contribution >= 0.6 is 0 Å². The third-order valence-electron chi connectivity index (χ3n) is 1.76. The van der Waals surface area contributed by atoms with E-state index in [1.807, 2.05) is 26.0 Å². The lowest BCUT2D eigenvalue weighted by Crippen LogP contribution is -1.78. The van der Waals surface area contributed by atoms with Crippen LogP contribution in [-0.2, 0) is 4.79 Å². The first-order valence-electron chi connectivity index (χ1n) is 3.93. The van der Waals surface area contributed by atoms with Crippen LogP contribution < -0.4 is 0 Å². The van der Waals surface area contributed by atoms with Gasteiger partial charge in [0.1, 0.15) is 6.29 Å². The predicted octanol–water partition coefficient (Wildman–Crippen LogP) is 2.23. The highest BCUT2D eigenvalue weighted by atomic mass is 16.1. The van der Waals surface area contributed by atoms with Crippen molar-refractivity contribution in [2.24, 2.45) is 0 Å². The van der Waals surface area contributed by atoms with Gasteiger partial charge in [0.25, 0.3) is 0 Å². The number of aldehydes is 1. The first-order valence-corrected chi connectivity index (χ1v) is 3.93. The lowest BCUT2D eigenvalue weighted by atomic mass is 10.2. The van der Waals surface area contributed by atoms with Crippen LogP contribution in [0.4, 0.5) is 0 Å². The molecule has 0 aromatic carbocycles. The number of carbonyl (C=O) groups is 1. The summed E-state index contributed by atoms with van der Waals surface area (Å²) in [6.07, 6.45) is 2.74. The van der Waals surface area contributed by atoms with Gasteiger partial charge in [-0.1, -0.05) is 0 Å². The number of hydrogen-bond donors (Lipinski definition) is 1. The van der Waals surface area contributed by atoms with Crippen molar-refractivity contribution in [1.29, 1.82) is 0 Å². The summed E-state index contributed by atoms with van der Waals surface area (Å²) in [7, 11) is 0. The fraction of sp³-hybridized carbons (Fsp3) is 0.300.